The molecule has 0 amide bonds. The van der Waals surface area contributed by atoms with Gasteiger partial charge >= 0.3 is 0 Å². The maximum Gasteiger partial charge on any atom is 0.127 e. The lowest BCUT2D eigenvalue weighted by atomic mass is 9.92. The molecule has 0 spiro atoms. The van der Waals surface area contributed by atoms with E-state index in [1.807, 2.05) is 6.92 Å². The van der Waals surface area contributed by atoms with Gasteiger partial charge in [-0.1, -0.05) is 13.8 Å². The summed E-state index contributed by atoms with van der Waals surface area (Å²) in [4.78, 5) is 6.98. The van der Waals surface area contributed by atoms with E-state index in [-0.39, 0.29) is 10.8 Å². The highest BCUT2D eigenvalue weighted by Crippen LogP contribution is 2.29. The molecule has 0 fully saturated rings. The number of rotatable bonds is 5. The molecule has 2 rings (SSSR count). The second-order valence-electron chi connectivity index (χ2n) is 6.71. The highest BCUT2D eigenvalue weighted by molar-refractivity contribution is 14.1. The van der Waals surface area contributed by atoms with Gasteiger partial charge in [0, 0.05) is 16.7 Å². The van der Waals surface area contributed by atoms with Gasteiger partial charge in [-0.05, 0) is 67.2 Å². The number of fused-ring (bicyclic) bond motifs is 1. The first-order valence-corrected chi connectivity index (χ1v) is 8.65. The van der Waals surface area contributed by atoms with E-state index in [9.17, 15) is 0 Å². The lowest BCUT2D eigenvalue weighted by Gasteiger charge is -2.29. The largest absolute Gasteiger partial charge is 0.326 e. The quantitative estimate of drug-likeness (QED) is 0.524. The average molecular weight is 420 g/mol. The zero-order valence-electron chi connectivity index (χ0n) is 13.3. The fraction of sp³-hybridized carbons (Fsp3) is 0.562. The molecule has 2 aromatic rings. The third kappa shape index (κ3) is 4.11. The van der Waals surface area contributed by atoms with Crippen LogP contribution in [0.4, 0.5) is 0 Å². The van der Waals surface area contributed by atoms with Crippen molar-refractivity contribution < 1.29 is 0 Å². The van der Waals surface area contributed by atoms with Crippen molar-refractivity contribution in [2.24, 2.45) is 5.41 Å². The molecular formula is C16H23ClIN3. The minimum Gasteiger partial charge on any atom is -0.326 e. The van der Waals surface area contributed by atoms with Gasteiger partial charge in [-0.25, -0.2) is 4.98 Å². The van der Waals surface area contributed by atoms with E-state index in [4.69, 9.17) is 16.6 Å². The Morgan fingerprint density at radius 1 is 1.38 bits per heavy atom. The Kier molecular flexibility index (Phi) is 5.21. The van der Waals surface area contributed by atoms with Crippen LogP contribution in [0.25, 0.3) is 11.0 Å². The fourth-order valence-electron chi connectivity index (χ4n) is 2.93. The van der Waals surface area contributed by atoms with Crippen molar-refractivity contribution in [1.29, 1.82) is 0 Å². The lowest BCUT2D eigenvalue weighted by molar-refractivity contribution is 0.211. The fourth-order valence-corrected chi connectivity index (χ4v) is 3.57. The van der Waals surface area contributed by atoms with Crippen LogP contribution >= 0.6 is 34.2 Å². The van der Waals surface area contributed by atoms with Crippen molar-refractivity contribution >= 4 is 45.2 Å². The van der Waals surface area contributed by atoms with E-state index in [1.165, 1.54) is 9.09 Å². The second-order valence-corrected chi connectivity index (χ2v) is 8.61. The van der Waals surface area contributed by atoms with Gasteiger partial charge in [0.1, 0.15) is 5.82 Å². The first kappa shape index (κ1) is 17.0. The van der Waals surface area contributed by atoms with E-state index < -0.39 is 0 Å². The highest BCUT2D eigenvalue weighted by Gasteiger charge is 2.24. The van der Waals surface area contributed by atoms with E-state index in [2.05, 4.69) is 78.2 Å². The van der Waals surface area contributed by atoms with Crippen molar-refractivity contribution in [2.45, 2.75) is 32.7 Å². The predicted octanol–water partition coefficient (Wildman–Crippen LogP) is 4.53. The normalized spacial score (nSPS) is 14.1. The summed E-state index contributed by atoms with van der Waals surface area (Å²) in [6.07, 6.45) is 0. The summed E-state index contributed by atoms with van der Waals surface area (Å²) in [7, 11) is 4.22. The molecule has 0 aliphatic rings. The monoisotopic (exact) mass is 419 g/mol. The summed E-state index contributed by atoms with van der Waals surface area (Å²) in [6, 6.07) is 6.40. The second kappa shape index (κ2) is 6.42. The molecule has 0 aliphatic heterocycles. The van der Waals surface area contributed by atoms with Gasteiger partial charge in [0.25, 0.3) is 0 Å². The van der Waals surface area contributed by atoms with Crippen LogP contribution in [0.2, 0.25) is 0 Å². The molecule has 21 heavy (non-hydrogen) atoms. The molecule has 1 aromatic carbocycles. The van der Waals surface area contributed by atoms with Crippen molar-refractivity contribution in [1.82, 2.24) is 14.5 Å². The summed E-state index contributed by atoms with van der Waals surface area (Å²) >= 11 is 8.68. The number of halogens is 2. The summed E-state index contributed by atoms with van der Waals surface area (Å²) in [5, 5.41) is -0.0924. The molecule has 0 saturated heterocycles. The Morgan fingerprint density at radius 2 is 2.05 bits per heavy atom. The first-order chi connectivity index (χ1) is 9.69. The molecule has 0 saturated carbocycles. The van der Waals surface area contributed by atoms with Crippen LogP contribution in [-0.2, 0) is 6.54 Å². The molecule has 0 bridgehead atoms. The highest BCUT2D eigenvalue weighted by atomic mass is 127. The average Bonchev–Trinajstić information content (AvgIpc) is 2.64. The molecule has 0 aliphatic carbocycles. The lowest BCUT2D eigenvalue weighted by Crippen LogP contribution is -2.32. The zero-order chi connectivity index (χ0) is 15.8. The number of imidazole rings is 1. The number of benzene rings is 1. The summed E-state index contributed by atoms with van der Waals surface area (Å²) in [5.41, 5.74) is 2.36. The molecule has 0 radical (unpaired) electrons. The van der Waals surface area contributed by atoms with Crippen LogP contribution in [0.15, 0.2) is 18.2 Å². The molecule has 1 unspecified atom stereocenters. The minimum absolute atomic E-state index is 0.0924. The van der Waals surface area contributed by atoms with Gasteiger partial charge in [0.05, 0.1) is 16.4 Å². The van der Waals surface area contributed by atoms with Gasteiger partial charge in [-0.3, -0.25) is 0 Å². The maximum atomic E-state index is 6.36. The van der Waals surface area contributed by atoms with Crippen LogP contribution in [0.5, 0.6) is 0 Å². The maximum absolute atomic E-state index is 6.36. The van der Waals surface area contributed by atoms with E-state index in [1.54, 1.807) is 0 Å². The smallest absolute Gasteiger partial charge is 0.127 e. The Balaban J connectivity index is 2.48. The van der Waals surface area contributed by atoms with Crippen LogP contribution in [-0.4, -0.2) is 35.1 Å². The van der Waals surface area contributed by atoms with Crippen LogP contribution in [0.3, 0.4) is 0 Å². The first-order valence-electron chi connectivity index (χ1n) is 7.14. The molecular weight excluding hydrogens is 397 g/mol. The molecule has 5 heteroatoms. The van der Waals surface area contributed by atoms with Crippen molar-refractivity contribution in [3.63, 3.8) is 0 Å². The predicted molar refractivity (Wildman–Crippen MR) is 99.1 cm³/mol. The number of nitrogens with zero attached hydrogens (tertiary/aromatic N) is 3. The third-order valence-electron chi connectivity index (χ3n) is 3.43. The summed E-state index contributed by atoms with van der Waals surface area (Å²) < 4.78 is 3.48. The third-order valence-corrected chi connectivity index (χ3v) is 4.29. The van der Waals surface area contributed by atoms with Gasteiger partial charge in [0.2, 0.25) is 0 Å². The van der Waals surface area contributed by atoms with E-state index >= 15 is 0 Å². The number of hydrogen-bond acceptors (Lipinski definition) is 2. The Morgan fingerprint density at radius 3 is 2.62 bits per heavy atom. The minimum atomic E-state index is -0.0924. The number of aromatic nitrogens is 2. The Labute approximate surface area is 145 Å². The van der Waals surface area contributed by atoms with Gasteiger partial charge in [-0.2, -0.15) is 0 Å². The van der Waals surface area contributed by atoms with Crippen LogP contribution < -0.4 is 0 Å². The molecule has 1 heterocycles. The van der Waals surface area contributed by atoms with Crippen LogP contribution in [0, 0.1) is 8.99 Å². The van der Waals surface area contributed by atoms with Gasteiger partial charge in [-0.15, -0.1) is 11.6 Å². The molecule has 0 N–H and O–H groups in total. The number of hydrogen-bond donors (Lipinski definition) is 0. The molecule has 1 atom stereocenters. The Bertz CT molecular complexity index is 632. The molecule has 1 aromatic heterocycles. The van der Waals surface area contributed by atoms with E-state index in [0.717, 1.165) is 24.4 Å². The zero-order valence-corrected chi connectivity index (χ0v) is 16.2. The van der Waals surface area contributed by atoms with E-state index in [0.29, 0.717) is 0 Å². The van der Waals surface area contributed by atoms with Gasteiger partial charge in [0.15, 0.2) is 0 Å². The summed E-state index contributed by atoms with van der Waals surface area (Å²) in [5.74, 6) is 0.959. The Hall–Kier alpha value is -0.330. The summed E-state index contributed by atoms with van der Waals surface area (Å²) in [6.45, 7) is 8.49. The standard InChI is InChI=1S/C16H23ClIN3/c1-11(17)15-19-13-8-12(18)6-7-14(13)21(15)10-16(2,3)9-20(4)5/h6-8,11H,9-10H2,1-5H3. The molecule has 116 valence electrons. The molecule has 3 nitrogen and oxygen atoms in total. The SMILES string of the molecule is CC(Cl)c1nc2cc(I)ccc2n1CC(C)(C)CN(C)C. The van der Waals surface area contributed by atoms with Crippen molar-refractivity contribution in [3.8, 4) is 0 Å². The topological polar surface area (TPSA) is 21.1 Å². The van der Waals surface area contributed by atoms with Gasteiger partial charge < -0.3 is 9.47 Å². The van der Waals surface area contributed by atoms with Crippen LogP contribution in [0.1, 0.15) is 32.0 Å². The van der Waals surface area contributed by atoms with Crippen molar-refractivity contribution in [3.05, 3.63) is 27.6 Å². The van der Waals surface area contributed by atoms with Crippen molar-refractivity contribution in [2.75, 3.05) is 20.6 Å². The number of alkyl halides is 1.